The Bertz CT molecular complexity index is 549. The molecule has 0 spiro atoms. The Balaban J connectivity index is 2.10. The summed E-state index contributed by atoms with van der Waals surface area (Å²) in [5, 5.41) is 4.42. The van der Waals surface area contributed by atoms with Gasteiger partial charge in [-0.15, -0.1) is 0 Å². The molecular weight excluding hydrogens is 349 g/mol. The molecule has 0 aliphatic rings. The maximum absolute atomic E-state index is 6.15. The van der Waals surface area contributed by atoms with Crippen LogP contribution in [0, 0.1) is 0 Å². The Morgan fingerprint density at radius 1 is 1.11 bits per heavy atom. The summed E-state index contributed by atoms with van der Waals surface area (Å²) in [6, 6.07) is 11.4. The molecule has 0 heterocycles. The van der Waals surface area contributed by atoms with Gasteiger partial charge in [0, 0.05) is 11.0 Å². The number of rotatable bonds is 4. The highest BCUT2D eigenvalue weighted by Gasteiger charge is 2.07. The van der Waals surface area contributed by atoms with Crippen LogP contribution in [0.5, 0.6) is 5.75 Å². The van der Waals surface area contributed by atoms with Crippen molar-refractivity contribution in [2.24, 2.45) is 0 Å². The maximum atomic E-state index is 6.15. The lowest BCUT2D eigenvalue weighted by Crippen LogP contribution is -2.00. The summed E-state index contributed by atoms with van der Waals surface area (Å²) in [7, 11) is 1.65. The fourth-order valence-electron chi connectivity index (χ4n) is 1.64. The van der Waals surface area contributed by atoms with Crippen LogP contribution in [0.3, 0.4) is 0 Å². The van der Waals surface area contributed by atoms with Crippen molar-refractivity contribution in [3.63, 3.8) is 0 Å². The van der Waals surface area contributed by atoms with E-state index < -0.39 is 0 Å². The summed E-state index contributed by atoms with van der Waals surface area (Å²) >= 11 is 15.7. The minimum atomic E-state index is 0.591. The highest BCUT2D eigenvalue weighted by atomic mass is 79.9. The molecule has 1 N–H and O–H groups in total. The predicted molar refractivity (Wildman–Crippen MR) is 84.5 cm³/mol. The first-order valence-electron chi connectivity index (χ1n) is 5.61. The van der Waals surface area contributed by atoms with Crippen LogP contribution in [0.4, 0.5) is 5.69 Å². The number of halogens is 3. The molecule has 0 amide bonds. The summed E-state index contributed by atoms with van der Waals surface area (Å²) in [4.78, 5) is 0. The molecule has 5 heteroatoms. The highest BCUT2D eigenvalue weighted by molar-refractivity contribution is 9.10. The van der Waals surface area contributed by atoms with Crippen LogP contribution in [0.15, 0.2) is 40.9 Å². The van der Waals surface area contributed by atoms with Crippen molar-refractivity contribution < 1.29 is 4.74 Å². The summed E-state index contributed by atoms with van der Waals surface area (Å²) in [6.45, 7) is 0.644. The third kappa shape index (κ3) is 3.78. The Hall–Kier alpha value is -0.900. The van der Waals surface area contributed by atoms with Gasteiger partial charge in [0.2, 0.25) is 0 Å². The van der Waals surface area contributed by atoms with Crippen LogP contribution in [0.1, 0.15) is 5.56 Å². The van der Waals surface area contributed by atoms with Gasteiger partial charge in [0.05, 0.1) is 22.8 Å². The third-order valence-corrected chi connectivity index (χ3v) is 3.69. The van der Waals surface area contributed by atoms with Crippen molar-refractivity contribution in [2.75, 3.05) is 12.4 Å². The number of methoxy groups -OCH3 is 1. The number of anilines is 1. The van der Waals surface area contributed by atoms with Crippen LogP contribution in [-0.4, -0.2) is 7.11 Å². The van der Waals surface area contributed by atoms with E-state index in [0.717, 1.165) is 21.5 Å². The molecular formula is C14H12BrCl2NO. The summed E-state index contributed by atoms with van der Waals surface area (Å²) in [5.74, 6) is 0.837. The molecule has 2 nitrogen and oxygen atoms in total. The quantitative estimate of drug-likeness (QED) is 0.790. The molecule has 0 saturated carbocycles. The molecule has 0 aromatic heterocycles. The molecule has 0 saturated heterocycles. The average Bonchev–Trinajstić information content (AvgIpc) is 2.38. The van der Waals surface area contributed by atoms with Crippen molar-refractivity contribution in [3.8, 4) is 5.75 Å². The van der Waals surface area contributed by atoms with Gasteiger partial charge in [0.15, 0.2) is 0 Å². The van der Waals surface area contributed by atoms with Gasteiger partial charge in [-0.2, -0.15) is 0 Å². The minimum absolute atomic E-state index is 0.591. The van der Waals surface area contributed by atoms with Gasteiger partial charge in [-0.1, -0.05) is 51.3 Å². The zero-order valence-electron chi connectivity index (χ0n) is 10.2. The van der Waals surface area contributed by atoms with Gasteiger partial charge in [-0.05, 0) is 29.8 Å². The monoisotopic (exact) mass is 359 g/mol. The largest absolute Gasteiger partial charge is 0.497 e. The Labute approximate surface area is 130 Å². The molecule has 0 bridgehead atoms. The van der Waals surface area contributed by atoms with Crippen LogP contribution in [-0.2, 0) is 6.54 Å². The number of ether oxygens (including phenoxy) is 1. The molecule has 2 aromatic carbocycles. The van der Waals surface area contributed by atoms with E-state index in [4.69, 9.17) is 27.9 Å². The average molecular weight is 361 g/mol. The minimum Gasteiger partial charge on any atom is -0.497 e. The van der Waals surface area contributed by atoms with Gasteiger partial charge in [-0.25, -0.2) is 0 Å². The molecule has 19 heavy (non-hydrogen) atoms. The molecule has 2 aromatic rings. The topological polar surface area (TPSA) is 21.3 Å². The van der Waals surface area contributed by atoms with E-state index in [0.29, 0.717) is 16.6 Å². The Kier molecular flexibility index (Phi) is 4.97. The molecule has 2 rings (SSSR count). The van der Waals surface area contributed by atoms with Crippen molar-refractivity contribution >= 4 is 44.8 Å². The van der Waals surface area contributed by atoms with Crippen LogP contribution in [0.25, 0.3) is 0 Å². The van der Waals surface area contributed by atoms with Crippen LogP contribution in [0.2, 0.25) is 10.0 Å². The van der Waals surface area contributed by atoms with E-state index in [1.807, 2.05) is 36.4 Å². The molecule has 0 fully saturated rings. The van der Waals surface area contributed by atoms with Gasteiger partial charge >= 0.3 is 0 Å². The van der Waals surface area contributed by atoms with E-state index in [1.54, 1.807) is 7.11 Å². The maximum Gasteiger partial charge on any atom is 0.118 e. The van der Waals surface area contributed by atoms with Gasteiger partial charge in [-0.3, -0.25) is 0 Å². The Morgan fingerprint density at radius 3 is 2.21 bits per heavy atom. The van der Waals surface area contributed by atoms with Gasteiger partial charge in [0.1, 0.15) is 5.75 Å². The first-order chi connectivity index (χ1) is 9.10. The summed E-state index contributed by atoms with van der Waals surface area (Å²) < 4.78 is 5.97. The van der Waals surface area contributed by atoms with Crippen molar-refractivity contribution in [1.29, 1.82) is 0 Å². The first kappa shape index (κ1) is 14.5. The number of hydrogen-bond acceptors (Lipinski definition) is 2. The van der Waals surface area contributed by atoms with E-state index in [2.05, 4.69) is 21.2 Å². The predicted octanol–water partition coefficient (Wildman–Crippen LogP) is 5.38. The van der Waals surface area contributed by atoms with Crippen molar-refractivity contribution in [2.45, 2.75) is 6.54 Å². The number of hydrogen-bond donors (Lipinski definition) is 1. The molecule has 0 aliphatic carbocycles. The van der Waals surface area contributed by atoms with Crippen LogP contribution >= 0.6 is 39.1 Å². The van der Waals surface area contributed by atoms with E-state index >= 15 is 0 Å². The lowest BCUT2D eigenvalue weighted by Gasteiger charge is -2.11. The summed E-state index contributed by atoms with van der Waals surface area (Å²) in [5.41, 5.74) is 1.86. The van der Waals surface area contributed by atoms with E-state index in [9.17, 15) is 0 Å². The van der Waals surface area contributed by atoms with E-state index in [-0.39, 0.29) is 0 Å². The zero-order valence-corrected chi connectivity index (χ0v) is 13.3. The second kappa shape index (κ2) is 6.51. The molecule has 0 aliphatic heterocycles. The van der Waals surface area contributed by atoms with Crippen LogP contribution < -0.4 is 10.1 Å². The molecule has 100 valence electrons. The van der Waals surface area contributed by atoms with Gasteiger partial charge in [0.25, 0.3) is 0 Å². The first-order valence-corrected chi connectivity index (χ1v) is 7.16. The number of nitrogens with one attached hydrogen (secondary N) is 1. The molecule has 0 radical (unpaired) electrons. The van der Waals surface area contributed by atoms with E-state index in [1.165, 1.54) is 0 Å². The second-order valence-electron chi connectivity index (χ2n) is 3.95. The van der Waals surface area contributed by atoms with Gasteiger partial charge < -0.3 is 10.1 Å². The lowest BCUT2D eigenvalue weighted by molar-refractivity contribution is 0.414. The fraction of sp³-hybridized carbons (Fsp3) is 0.143. The lowest BCUT2D eigenvalue weighted by atomic mass is 10.2. The number of benzene rings is 2. The fourth-order valence-corrected chi connectivity index (χ4v) is 2.99. The Morgan fingerprint density at radius 2 is 1.68 bits per heavy atom. The van der Waals surface area contributed by atoms with Crippen molar-refractivity contribution in [1.82, 2.24) is 0 Å². The molecule has 0 unspecified atom stereocenters. The van der Waals surface area contributed by atoms with Crippen molar-refractivity contribution in [3.05, 3.63) is 56.5 Å². The summed E-state index contributed by atoms with van der Waals surface area (Å²) in [6.07, 6.45) is 0. The highest BCUT2D eigenvalue weighted by Crippen LogP contribution is 2.34. The smallest absolute Gasteiger partial charge is 0.118 e. The third-order valence-electron chi connectivity index (χ3n) is 2.64. The second-order valence-corrected chi connectivity index (χ2v) is 5.68. The molecule has 0 atom stereocenters. The zero-order chi connectivity index (χ0) is 13.8. The SMILES string of the molecule is COc1ccc(CNc2c(Cl)cc(Br)cc2Cl)cc1. The normalized spacial score (nSPS) is 10.3. The standard InChI is InChI=1S/C14H12BrCl2NO/c1-19-11-4-2-9(3-5-11)8-18-14-12(16)6-10(15)7-13(14)17/h2-7,18H,8H2,1H3.